The number of aliphatic hydroxyl groups is 5. The molecule has 42 heavy (non-hydrogen) atoms. The van der Waals surface area contributed by atoms with Crippen molar-refractivity contribution in [1.29, 1.82) is 0 Å². The number of carbonyl (C=O) groups excluding carboxylic acids is 2. The molecular weight excluding hydrogens is 536 g/mol. The van der Waals surface area contributed by atoms with Gasteiger partial charge in [0, 0.05) is 29.2 Å². The minimum Gasteiger partial charge on any atom is -0.455 e. The monoisotopic (exact) mass is 586 g/mol. The molecule has 0 aromatic carbocycles. The number of Topliss-reactive ketones (excluding diaryl/α,β-unsaturated/α-hetero) is 1. The molecule has 0 saturated heterocycles. The van der Waals surface area contributed by atoms with Crippen molar-refractivity contribution in [3.8, 4) is 0 Å². The van der Waals surface area contributed by atoms with Gasteiger partial charge in [-0.15, -0.1) is 0 Å². The van der Waals surface area contributed by atoms with Gasteiger partial charge in [-0.2, -0.15) is 0 Å². The summed E-state index contributed by atoms with van der Waals surface area (Å²) in [6, 6.07) is 0. The van der Waals surface area contributed by atoms with Gasteiger partial charge in [0.2, 0.25) is 0 Å². The number of hydrogen-bond acceptors (Lipinski definition) is 8. The molecule has 0 aromatic heterocycles. The van der Waals surface area contributed by atoms with Crippen LogP contribution in [0.5, 0.6) is 0 Å². The fourth-order valence-electron chi connectivity index (χ4n) is 8.38. The number of rotatable bonds is 12. The molecule has 5 N–H and O–H groups in total. The maximum atomic E-state index is 13.1. The van der Waals surface area contributed by atoms with Crippen LogP contribution in [-0.2, 0) is 14.3 Å². The Morgan fingerprint density at radius 1 is 1.12 bits per heavy atom. The Morgan fingerprint density at radius 3 is 2.45 bits per heavy atom. The van der Waals surface area contributed by atoms with Crippen molar-refractivity contribution < 1.29 is 39.9 Å². The summed E-state index contributed by atoms with van der Waals surface area (Å²) in [5.41, 5.74) is -5.07. The largest absolute Gasteiger partial charge is 0.455 e. The lowest BCUT2D eigenvalue weighted by Gasteiger charge is -2.50. The molecule has 0 unspecified atom stereocenters. The molecule has 0 aliphatic heterocycles. The SMILES string of the molecule is CCCCCCCC[C@@H](O)C=CC=CC(=O)O[C@@]12C[C@@H](C)[C@]3(O)[C@@H]4C=C(C)C(=O)[C@@]4(O)[C@H](O)C(CO)=C[C@H]3[C@@H]1C2(C)C. The summed E-state index contributed by atoms with van der Waals surface area (Å²) < 4.78 is 6.13. The van der Waals surface area contributed by atoms with Gasteiger partial charge in [0.05, 0.1) is 18.3 Å². The van der Waals surface area contributed by atoms with Crippen LogP contribution in [-0.4, -0.2) is 72.9 Å². The molecule has 0 aromatic rings. The van der Waals surface area contributed by atoms with E-state index in [4.69, 9.17) is 4.74 Å². The van der Waals surface area contributed by atoms with Crippen LogP contribution in [0.1, 0.15) is 86.0 Å². The maximum Gasteiger partial charge on any atom is 0.331 e. The highest BCUT2D eigenvalue weighted by Crippen LogP contribution is 2.76. The van der Waals surface area contributed by atoms with Crippen molar-refractivity contribution in [2.75, 3.05) is 6.61 Å². The van der Waals surface area contributed by atoms with Gasteiger partial charge in [-0.05, 0) is 36.8 Å². The molecule has 8 nitrogen and oxygen atoms in total. The second-order valence-corrected chi connectivity index (χ2v) is 13.7. The Labute approximate surface area is 249 Å². The van der Waals surface area contributed by atoms with Gasteiger partial charge >= 0.3 is 5.97 Å². The first kappa shape index (κ1) is 32.8. The molecule has 4 rings (SSSR count). The van der Waals surface area contributed by atoms with E-state index in [2.05, 4.69) is 6.92 Å². The van der Waals surface area contributed by atoms with Crippen molar-refractivity contribution in [3.05, 3.63) is 47.6 Å². The minimum absolute atomic E-state index is 0.0708. The molecule has 9 atom stereocenters. The fraction of sp³-hybridized carbons (Fsp3) is 0.706. The summed E-state index contributed by atoms with van der Waals surface area (Å²) in [7, 11) is 0. The van der Waals surface area contributed by atoms with E-state index in [1.54, 1.807) is 37.3 Å². The van der Waals surface area contributed by atoms with E-state index in [9.17, 15) is 35.1 Å². The minimum atomic E-state index is -2.29. The average Bonchev–Trinajstić information content (AvgIpc) is 3.32. The quantitative estimate of drug-likeness (QED) is 0.0766. The third kappa shape index (κ3) is 5.17. The summed E-state index contributed by atoms with van der Waals surface area (Å²) in [4.78, 5) is 26.1. The van der Waals surface area contributed by atoms with Gasteiger partial charge in [0.1, 0.15) is 11.7 Å². The molecule has 0 amide bonds. The van der Waals surface area contributed by atoms with Crippen LogP contribution in [0.15, 0.2) is 47.6 Å². The molecule has 0 bridgehead atoms. The second kappa shape index (κ2) is 12.1. The predicted octanol–water partition coefficient (Wildman–Crippen LogP) is 3.70. The highest BCUT2D eigenvalue weighted by molar-refractivity contribution is 6.05. The van der Waals surface area contributed by atoms with E-state index < -0.39 is 70.5 Å². The molecule has 4 aliphatic rings. The maximum absolute atomic E-state index is 13.1. The lowest BCUT2D eigenvalue weighted by Crippen LogP contribution is -2.64. The van der Waals surface area contributed by atoms with Crippen molar-refractivity contribution in [2.24, 2.45) is 29.1 Å². The number of fused-ring (bicyclic) bond motifs is 5. The average molecular weight is 587 g/mol. The van der Waals surface area contributed by atoms with Crippen molar-refractivity contribution >= 4 is 11.8 Å². The zero-order valence-electron chi connectivity index (χ0n) is 25.8. The molecule has 234 valence electrons. The molecule has 2 saturated carbocycles. The van der Waals surface area contributed by atoms with Gasteiger partial charge in [0.25, 0.3) is 0 Å². The Morgan fingerprint density at radius 2 is 1.79 bits per heavy atom. The molecule has 8 heteroatoms. The number of hydrogen-bond donors (Lipinski definition) is 5. The topological polar surface area (TPSA) is 145 Å². The van der Waals surface area contributed by atoms with Gasteiger partial charge in [0.15, 0.2) is 11.4 Å². The third-order valence-electron chi connectivity index (χ3n) is 10.8. The first-order valence-corrected chi connectivity index (χ1v) is 15.7. The highest BCUT2D eigenvalue weighted by Gasteiger charge is 2.83. The zero-order chi connectivity index (χ0) is 31.1. The summed E-state index contributed by atoms with van der Waals surface area (Å²) in [6.45, 7) is 8.89. The Bertz CT molecular complexity index is 1170. The van der Waals surface area contributed by atoms with Crippen LogP contribution < -0.4 is 0 Å². The molecular formula is C34H50O8. The van der Waals surface area contributed by atoms with Crippen LogP contribution in [0.25, 0.3) is 0 Å². The molecule has 0 heterocycles. The number of aliphatic hydroxyl groups excluding tert-OH is 3. The van der Waals surface area contributed by atoms with E-state index in [1.165, 1.54) is 31.8 Å². The van der Waals surface area contributed by atoms with Gasteiger partial charge in [-0.1, -0.05) is 96.6 Å². The zero-order valence-corrected chi connectivity index (χ0v) is 25.8. The van der Waals surface area contributed by atoms with E-state index >= 15 is 0 Å². The van der Waals surface area contributed by atoms with Crippen molar-refractivity contribution in [1.82, 2.24) is 0 Å². The van der Waals surface area contributed by atoms with E-state index in [-0.39, 0.29) is 17.1 Å². The van der Waals surface area contributed by atoms with Crippen LogP contribution in [0.3, 0.4) is 0 Å². The normalized spacial score (nSPS) is 39.3. The Kier molecular flexibility index (Phi) is 9.47. The summed E-state index contributed by atoms with van der Waals surface area (Å²) in [6.07, 6.45) is 15.0. The van der Waals surface area contributed by atoms with Crippen LogP contribution >= 0.6 is 0 Å². The number of ketones is 1. The van der Waals surface area contributed by atoms with E-state index in [0.29, 0.717) is 12.8 Å². The number of esters is 1. The molecule has 0 radical (unpaired) electrons. The van der Waals surface area contributed by atoms with Crippen molar-refractivity contribution in [2.45, 2.75) is 115 Å². The second-order valence-electron chi connectivity index (χ2n) is 13.7. The standard InChI is InChI=1S/C34H50O8/c1-6-7-8-9-10-11-14-24(36)15-12-13-16-27(37)42-32-19-22(3)33(40)25(28(32)31(32,4)5)18-23(20-35)30(39)34(41)26(33)17-21(2)29(34)38/h12-13,15-18,22,24-26,28,30,35-36,39-41H,6-11,14,19-20H2,1-5H3/t22-,24-,25+,26+,28-,30-,32+,33-,34-/m1/s1. The van der Waals surface area contributed by atoms with Gasteiger partial charge in [-0.25, -0.2) is 4.79 Å². The Hall–Kier alpha value is -2.10. The molecule has 2 fully saturated rings. The lowest BCUT2D eigenvalue weighted by molar-refractivity contribution is -0.196. The number of ether oxygens (including phenoxy) is 1. The van der Waals surface area contributed by atoms with Gasteiger partial charge in [-0.3, -0.25) is 4.79 Å². The number of unbranched alkanes of at least 4 members (excludes halogenated alkanes) is 5. The first-order valence-electron chi connectivity index (χ1n) is 15.7. The highest BCUT2D eigenvalue weighted by atomic mass is 16.6. The number of allylic oxidation sites excluding steroid dienone is 2. The predicted molar refractivity (Wildman–Crippen MR) is 159 cm³/mol. The molecule has 0 spiro atoms. The summed E-state index contributed by atoms with van der Waals surface area (Å²) in [5.74, 6) is -3.89. The van der Waals surface area contributed by atoms with Crippen LogP contribution in [0.2, 0.25) is 0 Å². The van der Waals surface area contributed by atoms with E-state index in [1.807, 2.05) is 20.8 Å². The lowest BCUT2D eigenvalue weighted by atomic mass is 9.59. The van der Waals surface area contributed by atoms with E-state index in [0.717, 1.165) is 12.8 Å². The molecule has 4 aliphatic carbocycles. The fourth-order valence-corrected chi connectivity index (χ4v) is 8.38. The summed E-state index contributed by atoms with van der Waals surface area (Å²) >= 11 is 0. The third-order valence-corrected chi connectivity index (χ3v) is 10.8. The summed E-state index contributed by atoms with van der Waals surface area (Å²) in [5, 5.41) is 55.5. The van der Waals surface area contributed by atoms with Crippen LogP contribution in [0.4, 0.5) is 0 Å². The van der Waals surface area contributed by atoms with Crippen LogP contribution in [0, 0.1) is 29.1 Å². The first-order chi connectivity index (χ1) is 19.7. The van der Waals surface area contributed by atoms with Gasteiger partial charge < -0.3 is 30.3 Å². The number of carbonyl (C=O) groups is 2. The smallest absolute Gasteiger partial charge is 0.331 e. The van der Waals surface area contributed by atoms with Crippen molar-refractivity contribution in [3.63, 3.8) is 0 Å². The Balaban J connectivity index is 1.49.